The molecule has 1 aliphatic heterocycles. The van der Waals surface area contributed by atoms with Crippen LogP contribution in [-0.2, 0) is 4.79 Å². The van der Waals surface area contributed by atoms with Gasteiger partial charge >= 0.3 is 0 Å². The lowest BCUT2D eigenvalue weighted by molar-refractivity contribution is -0.109. The molecular weight excluding hydrogens is 188 g/mol. The molecule has 0 fully saturated rings. The van der Waals surface area contributed by atoms with Crippen LogP contribution in [0.4, 0.5) is 0 Å². The summed E-state index contributed by atoms with van der Waals surface area (Å²) in [5.74, 6) is 1.39. The summed E-state index contributed by atoms with van der Waals surface area (Å²) in [6.07, 6.45) is 1.84. The quantitative estimate of drug-likeness (QED) is 0.692. The molecule has 0 bridgehead atoms. The number of ether oxygens (including phenoxy) is 1. The Labute approximate surface area is 90.3 Å². The highest BCUT2D eigenvalue weighted by Gasteiger charge is 2.21. The third kappa shape index (κ3) is 1.89. The van der Waals surface area contributed by atoms with Crippen LogP contribution in [0, 0.1) is 0 Å². The molecule has 0 aromatic heterocycles. The van der Waals surface area contributed by atoms with Crippen LogP contribution in [0.2, 0.25) is 0 Å². The van der Waals surface area contributed by atoms with Gasteiger partial charge in [0.15, 0.2) is 0 Å². The van der Waals surface area contributed by atoms with Gasteiger partial charge in [0.2, 0.25) is 0 Å². The fraction of sp³-hybridized carbons (Fsp3) is 0.462. The second-order valence-electron chi connectivity index (χ2n) is 4.33. The van der Waals surface area contributed by atoms with Gasteiger partial charge in [0.25, 0.3) is 0 Å². The molecule has 1 unspecified atom stereocenters. The van der Waals surface area contributed by atoms with Crippen LogP contribution in [0.5, 0.6) is 5.75 Å². The van der Waals surface area contributed by atoms with Crippen LogP contribution in [-0.4, -0.2) is 12.9 Å². The van der Waals surface area contributed by atoms with Gasteiger partial charge in [-0.3, -0.25) is 0 Å². The smallest absolute Gasteiger partial charge is 0.127 e. The summed E-state index contributed by atoms with van der Waals surface area (Å²) in [6, 6.07) is 6.18. The van der Waals surface area contributed by atoms with Gasteiger partial charge in [-0.05, 0) is 24.0 Å². The summed E-state index contributed by atoms with van der Waals surface area (Å²) >= 11 is 0. The van der Waals surface area contributed by atoms with Crippen molar-refractivity contribution >= 4 is 6.29 Å². The van der Waals surface area contributed by atoms with Gasteiger partial charge in [-0.1, -0.05) is 26.0 Å². The lowest BCUT2D eigenvalue weighted by Gasteiger charge is -2.23. The van der Waals surface area contributed by atoms with Crippen molar-refractivity contribution in [2.75, 3.05) is 6.61 Å². The Kier molecular flexibility index (Phi) is 2.76. The van der Waals surface area contributed by atoms with Crippen LogP contribution in [0.3, 0.4) is 0 Å². The normalized spacial score (nSPS) is 19.5. The van der Waals surface area contributed by atoms with E-state index in [0.29, 0.717) is 12.5 Å². The van der Waals surface area contributed by atoms with E-state index in [1.54, 1.807) is 0 Å². The molecule has 0 spiro atoms. The molecule has 0 amide bonds. The number of hydrogen-bond donors (Lipinski definition) is 0. The van der Waals surface area contributed by atoms with Crippen LogP contribution >= 0.6 is 0 Å². The zero-order valence-electron chi connectivity index (χ0n) is 9.19. The minimum atomic E-state index is 0.0208. The molecule has 1 aromatic rings. The third-order valence-electron chi connectivity index (χ3n) is 2.95. The number of fused-ring (bicyclic) bond motifs is 1. The van der Waals surface area contributed by atoms with Crippen molar-refractivity contribution in [1.29, 1.82) is 0 Å². The van der Waals surface area contributed by atoms with Gasteiger partial charge in [-0.2, -0.15) is 0 Å². The van der Waals surface area contributed by atoms with E-state index in [4.69, 9.17) is 4.74 Å². The second kappa shape index (κ2) is 4.05. The van der Waals surface area contributed by atoms with Crippen LogP contribution < -0.4 is 4.74 Å². The van der Waals surface area contributed by atoms with Crippen molar-refractivity contribution in [2.24, 2.45) is 0 Å². The molecule has 2 nitrogen and oxygen atoms in total. The topological polar surface area (TPSA) is 26.3 Å². The van der Waals surface area contributed by atoms with E-state index in [9.17, 15) is 4.79 Å². The predicted molar refractivity (Wildman–Crippen MR) is 59.4 cm³/mol. The fourth-order valence-electron chi connectivity index (χ4n) is 1.94. The number of aldehydes is 1. The molecule has 0 aliphatic carbocycles. The van der Waals surface area contributed by atoms with Gasteiger partial charge in [-0.25, -0.2) is 0 Å². The first kappa shape index (κ1) is 10.2. The Hall–Kier alpha value is -1.31. The van der Waals surface area contributed by atoms with Gasteiger partial charge in [0.05, 0.1) is 6.61 Å². The Balaban J connectivity index is 2.43. The van der Waals surface area contributed by atoms with Crippen molar-refractivity contribution < 1.29 is 9.53 Å². The van der Waals surface area contributed by atoms with E-state index in [1.807, 2.05) is 6.07 Å². The minimum absolute atomic E-state index is 0.0208. The van der Waals surface area contributed by atoms with Crippen molar-refractivity contribution in [1.82, 2.24) is 0 Å². The molecule has 1 aromatic carbocycles. The second-order valence-corrected chi connectivity index (χ2v) is 4.33. The molecule has 15 heavy (non-hydrogen) atoms. The van der Waals surface area contributed by atoms with E-state index >= 15 is 0 Å². The molecular formula is C13H16O2. The highest BCUT2D eigenvalue weighted by Crippen LogP contribution is 2.34. The SMILES string of the molecule is CC(C)c1ccc2c(c1)C(C=O)CCO2. The van der Waals surface area contributed by atoms with E-state index in [0.717, 1.165) is 24.0 Å². The zero-order chi connectivity index (χ0) is 10.8. The fourth-order valence-corrected chi connectivity index (χ4v) is 1.94. The molecule has 1 heterocycles. The van der Waals surface area contributed by atoms with Crippen molar-refractivity contribution in [3.05, 3.63) is 29.3 Å². The standard InChI is InChI=1S/C13H16O2/c1-9(2)10-3-4-13-12(7-10)11(8-14)5-6-15-13/h3-4,7-9,11H,5-6H2,1-2H3. The summed E-state index contributed by atoms with van der Waals surface area (Å²) in [5.41, 5.74) is 2.33. The molecule has 0 saturated carbocycles. The number of carbonyl (C=O) groups is 1. The maximum absolute atomic E-state index is 10.9. The van der Waals surface area contributed by atoms with Gasteiger partial charge in [-0.15, -0.1) is 0 Å². The highest BCUT2D eigenvalue weighted by molar-refractivity contribution is 5.65. The van der Waals surface area contributed by atoms with Crippen molar-refractivity contribution in [3.63, 3.8) is 0 Å². The molecule has 0 radical (unpaired) electrons. The highest BCUT2D eigenvalue weighted by atomic mass is 16.5. The largest absolute Gasteiger partial charge is 0.493 e. The number of carbonyl (C=O) groups excluding carboxylic acids is 1. The average Bonchev–Trinajstić information content (AvgIpc) is 2.27. The lowest BCUT2D eigenvalue weighted by Crippen LogP contribution is -2.15. The van der Waals surface area contributed by atoms with Crippen molar-refractivity contribution in [2.45, 2.75) is 32.1 Å². The summed E-state index contributed by atoms with van der Waals surface area (Å²) in [5, 5.41) is 0. The monoisotopic (exact) mass is 204 g/mol. The summed E-state index contributed by atoms with van der Waals surface area (Å²) in [7, 11) is 0. The average molecular weight is 204 g/mol. The lowest BCUT2D eigenvalue weighted by atomic mass is 9.90. The summed E-state index contributed by atoms with van der Waals surface area (Å²) < 4.78 is 5.53. The molecule has 2 rings (SSSR count). The first-order chi connectivity index (χ1) is 7.22. The number of rotatable bonds is 2. The molecule has 1 aliphatic rings. The first-order valence-electron chi connectivity index (χ1n) is 5.44. The molecule has 2 heteroatoms. The molecule has 80 valence electrons. The molecule has 0 N–H and O–H groups in total. The Morgan fingerprint density at radius 2 is 2.27 bits per heavy atom. The minimum Gasteiger partial charge on any atom is -0.493 e. The Morgan fingerprint density at radius 3 is 2.93 bits per heavy atom. The Morgan fingerprint density at radius 1 is 1.47 bits per heavy atom. The Bertz CT molecular complexity index is 369. The number of hydrogen-bond acceptors (Lipinski definition) is 2. The first-order valence-corrected chi connectivity index (χ1v) is 5.44. The van der Waals surface area contributed by atoms with E-state index in [-0.39, 0.29) is 5.92 Å². The molecule has 1 atom stereocenters. The van der Waals surface area contributed by atoms with Gasteiger partial charge in [0, 0.05) is 11.5 Å². The van der Waals surface area contributed by atoms with Crippen molar-refractivity contribution in [3.8, 4) is 5.75 Å². The van der Waals surface area contributed by atoms with E-state index in [2.05, 4.69) is 26.0 Å². The maximum Gasteiger partial charge on any atom is 0.127 e. The van der Waals surface area contributed by atoms with Crippen LogP contribution in [0.25, 0.3) is 0 Å². The number of benzene rings is 1. The van der Waals surface area contributed by atoms with E-state index in [1.165, 1.54) is 5.56 Å². The zero-order valence-corrected chi connectivity index (χ0v) is 9.19. The molecule has 0 saturated heterocycles. The summed E-state index contributed by atoms with van der Waals surface area (Å²) in [4.78, 5) is 10.9. The maximum atomic E-state index is 10.9. The predicted octanol–water partition coefficient (Wildman–Crippen LogP) is 2.88. The van der Waals surface area contributed by atoms with Gasteiger partial charge in [0.1, 0.15) is 12.0 Å². The third-order valence-corrected chi connectivity index (χ3v) is 2.95. The van der Waals surface area contributed by atoms with Crippen LogP contribution in [0.1, 0.15) is 43.2 Å². The van der Waals surface area contributed by atoms with E-state index < -0.39 is 0 Å². The van der Waals surface area contributed by atoms with Crippen LogP contribution in [0.15, 0.2) is 18.2 Å². The van der Waals surface area contributed by atoms with Gasteiger partial charge < -0.3 is 9.53 Å². The summed E-state index contributed by atoms with van der Waals surface area (Å²) in [6.45, 7) is 4.96.